The minimum absolute atomic E-state index is 0.176. The number of rotatable bonds is 5. The van der Waals surface area contributed by atoms with Gasteiger partial charge < -0.3 is 5.32 Å². The summed E-state index contributed by atoms with van der Waals surface area (Å²) in [6.45, 7) is 0.702. The first-order valence-electron chi connectivity index (χ1n) is 5.95. The number of aromatic nitrogens is 2. The molecule has 0 saturated heterocycles. The van der Waals surface area contributed by atoms with E-state index >= 15 is 0 Å². The van der Waals surface area contributed by atoms with Gasteiger partial charge in [-0.3, -0.25) is 0 Å². The Kier molecular flexibility index (Phi) is 5.30. The molecule has 0 aliphatic heterocycles. The maximum absolute atomic E-state index is 5.46. The second-order valence-corrected chi connectivity index (χ2v) is 5.49. The zero-order valence-electron chi connectivity index (χ0n) is 10.6. The van der Waals surface area contributed by atoms with Crippen molar-refractivity contribution in [2.24, 2.45) is 0 Å². The molecule has 0 saturated carbocycles. The highest BCUT2D eigenvalue weighted by Gasteiger charge is 2.16. The molecule has 0 amide bonds. The largest absolute Gasteiger partial charge is 0.353 e. The lowest BCUT2D eigenvalue weighted by atomic mass is 10.0. The molecule has 0 bridgehead atoms. The van der Waals surface area contributed by atoms with E-state index in [9.17, 15) is 0 Å². The molecule has 1 aromatic heterocycles. The van der Waals surface area contributed by atoms with Gasteiger partial charge in [-0.15, -0.1) is 11.8 Å². The average Bonchev–Trinajstić information content (AvgIpc) is 2.49. The van der Waals surface area contributed by atoms with Crippen LogP contribution in [0.2, 0.25) is 0 Å². The van der Waals surface area contributed by atoms with Crippen molar-refractivity contribution in [1.82, 2.24) is 9.97 Å². The molecule has 0 aliphatic carbocycles. The molecule has 0 radical (unpaired) electrons. The third-order valence-corrected chi connectivity index (χ3v) is 4.19. The fourth-order valence-corrected chi connectivity index (χ4v) is 2.47. The summed E-state index contributed by atoms with van der Waals surface area (Å²) < 4.78 is 0.967. The van der Waals surface area contributed by atoms with Gasteiger partial charge >= 0.3 is 0 Å². The lowest BCUT2D eigenvalue weighted by Crippen LogP contribution is -2.19. The van der Waals surface area contributed by atoms with Crippen molar-refractivity contribution in [2.45, 2.75) is 5.92 Å². The number of thioether (sulfide) groups is 1. The average molecular weight is 289 g/mol. The molecule has 3 nitrogen and oxygen atoms in total. The molecule has 5 heteroatoms. The van der Waals surface area contributed by atoms with E-state index in [1.807, 2.05) is 24.5 Å². The lowest BCUT2D eigenvalue weighted by Gasteiger charge is -2.17. The minimum Gasteiger partial charge on any atom is -0.353 e. The van der Waals surface area contributed by atoms with Crippen LogP contribution in [-0.2, 0) is 0 Å². The van der Waals surface area contributed by atoms with Crippen LogP contribution in [0.15, 0.2) is 48.8 Å². The Bertz CT molecular complexity index is 517. The van der Waals surface area contributed by atoms with Gasteiger partial charge in [0.2, 0.25) is 5.95 Å². The first-order valence-corrected chi connectivity index (χ1v) is 7.58. The van der Waals surface area contributed by atoms with E-state index in [2.05, 4.69) is 27.4 Å². The van der Waals surface area contributed by atoms with E-state index < -0.39 is 0 Å². The van der Waals surface area contributed by atoms with E-state index in [1.165, 1.54) is 5.56 Å². The standard InChI is InChI=1S/C14H15N3S2/c1-19-13(18)12(11-6-3-2-4-7-11)10-17-14-15-8-5-9-16-14/h2-9,12H,10H2,1H3,(H,15,16,17). The molecular weight excluding hydrogens is 274 g/mol. The van der Waals surface area contributed by atoms with Crippen molar-refractivity contribution in [3.63, 3.8) is 0 Å². The van der Waals surface area contributed by atoms with Crippen molar-refractivity contribution in [3.05, 3.63) is 54.4 Å². The predicted octanol–water partition coefficient (Wildman–Crippen LogP) is 3.36. The maximum atomic E-state index is 5.46. The molecule has 1 heterocycles. The number of anilines is 1. The third-order valence-electron chi connectivity index (χ3n) is 2.72. The van der Waals surface area contributed by atoms with Crippen LogP contribution in [0, 0.1) is 0 Å². The number of hydrogen-bond donors (Lipinski definition) is 1. The minimum atomic E-state index is 0.176. The molecule has 1 atom stereocenters. The molecule has 0 aliphatic rings. The Hall–Kier alpha value is -1.46. The van der Waals surface area contributed by atoms with Crippen LogP contribution in [0.4, 0.5) is 5.95 Å². The van der Waals surface area contributed by atoms with Crippen LogP contribution in [-0.4, -0.2) is 27.0 Å². The lowest BCUT2D eigenvalue weighted by molar-refractivity contribution is 0.931. The molecule has 0 spiro atoms. The van der Waals surface area contributed by atoms with Gasteiger partial charge in [0.05, 0.1) is 4.20 Å². The summed E-state index contributed by atoms with van der Waals surface area (Å²) in [6.07, 6.45) is 5.46. The van der Waals surface area contributed by atoms with Crippen LogP contribution < -0.4 is 5.32 Å². The summed E-state index contributed by atoms with van der Waals surface area (Å²) in [4.78, 5) is 8.31. The SMILES string of the molecule is CSC(=S)C(CNc1ncccn1)c1ccccc1. The van der Waals surface area contributed by atoms with Crippen molar-refractivity contribution in [1.29, 1.82) is 0 Å². The molecular formula is C14H15N3S2. The Morgan fingerprint density at radius 1 is 1.21 bits per heavy atom. The second-order valence-electron chi connectivity index (χ2n) is 3.94. The van der Waals surface area contributed by atoms with Crippen molar-refractivity contribution in [2.75, 3.05) is 18.1 Å². The van der Waals surface area contributed by atoms with Crippen molar-refractivity contribution < 1.29 is 0 Å². The Morgan fingerprint density at radius 2 is 1.89 bits per heavy atom. The molecule has 1 aromatic carbocycles. The third kappa shape index (κ3) is 4.01. The molecule has 0 fully saturated rings. The topological polar surface area (TPSA) is 37.8 Å². The van der Waals surface area contributed by atoms with Crippen LogP contribution in [0.5, 0.6) is 0 Å². The summed E-state index contributed by atoms with van der Waals surface area (Å²) in [5.41, 5.74) is 1.21. The van der Waals surface area contributed by atoms with Crippen LogP contribution in [0.1, 0.15) is 11.5 Å². The Labute approximate surface area is 122 Å². The van der Waals surface area contributed by atoms with Gasteiger partial charge in [0.25, 0.3) is 0 Å². The number of benzene rings is 1. The first kappa shape index (κ1) is 14.0. The molecule has 1 N–H and O–H groups in total. The van der Waals surface area contributed by atoms with Gasteiger partial charge in [0.15, 0.2) is 0 Å². The van der Waals surface area contributed by atoms with E-state index in [4.69, 9.17) is 12.2 Å². The maximum Gasteiger partial charge on any atom is 0.222 e. The molecule has 2 rings (SSSR count). The quantitative estimate of drug-likeness (QED) is 0.854. The highest BCUT2D eigenvalue weighted by Crippen LogP contribution is 2.23. The molecule has 1 unspecified atom stereocenters. The van der Waals surface area contributed by atoms with Gasteiger partial charge in [-0.1, -0.05) is 42.5 Å². The summed E-state index contributed by atoms with van der Waals surface area (Å²) in [7, 11) is 0. The van der Waals surface area contributed by atoms with Crippen LogP contribution in [0.3, 0.4) is 0 Å². The number of hydrogen-bond acceptors (Lipinski definition) is 5. The molecule has 2 aromatic rings. The zero-order chi connectivity index (χ0) is 13.5. The normalized spacial score (nSPS) is 11.8. The van der Waals surface area contributed by atoms with Gasteiger partial charge in [0, 0.05) is 24.9 Å². The van der Waals surface area contributed by atoms with E-state index in [-0.39, 0.29) is 5.92 Å². The Balaban J connectivity index is 2.09. The fraction of sp³-hybridized carbons (Fsp3) is 0.214. The smallest absolute Gasteiger partial charge is 0.222 e. The number of thiocarbonyl (C=S) groups is 1. The van der Waals surface area contributed by atoms with Crippen molar-refractivity contribution >= 4 is 34.1 Å². The van der Waals surface area contributed by atoms with E-state index in [0.717, 1.165) is 4.20 Å². The predicted molar refractivity (Wildman–Crippen MR) is 85.8 cm³/mol. The fourth-order valence-electron chi connectivity index (χ4n) is 1.75. The van der Waals surface area contributed by atoms with Crippen LogP contribution in [0.25, 0.3) is 0 Å². The first-order chi connectivity index (χ1) is 9.31. The summed E-state index contributed by atoms with van der Waals surface area (Å²) in [6, 6.07) is 12.1. The summed E-state index contributed by atoms with van der Waals surface area (Å²) in [5, 5.41) is 3.24. The molecule has 98 valence electrons. The summed E-state index contributed by atoms with van der Waals surface area (Å²) in [5.74, 6) is 0.808. The van der Waals surface area contributed by atoms with Gasteiger partial charge in [-0.25, -0.2) is 9.97 Å². The highest BCUT2D eigenvalue weighted by atomic mass is 32.2. The van der Waals surface area contributed by atoms with Gasteiger partial charge in [0.1, 0.15) is 0 Å². The van der Waals surface area contributed by atoms with E-state index in [1.54, 1.807) is 30.2 Å². The Morgan fingerprint density at radius 3 is 2.53 bits per heavy atom. The molecule has 19 heavy (non-hydrogen) atoms. The van der Waals surface area contributed by atoms with Crippen molar-refractivity contribution in [3.8, 4) is 0 Å². The number of nitrogens with zero attached hydrogens (tertiary/aromatic N) is 2. The second kappa shape index (κ2) is 7.21. The number of nitrogens with one attached hydrogen (secondary N) is 1. The van der Waals surface area contributed by atoms with Gasteiger partial charge in [-0.05, 0) is 17.9 Å². The summed E-state index contributed by atoms with van der Waals surface area (Å²) >= 11 is 7.07. The zero-order valence-corrected chi connectivity index (χ0v) is 12.2. The van der Waals surface area contributed by atoms with Crippen LogP contribution >= 0.6 is 24.0 Å². The van der Waals surface area contributed by atoms with Gasteiger partial charge in [-0.2, -0.15) is 0 Å². The van der Waals surface area contributed by atoms with E-state index in [0.29, 0.717) is 12.5 Å². The highest BCUT2D eigenvalue weighted by molar-refractivity contribution is 8.22. The monoisotopic (exact) mass is 289 g/mol.